The van der Waals surface area contributed by atoms with Crippen LogP contribution in [-0.2, 0) is 65.4 Å². The van der Waals surface area contributed by atoms with Crippen LogP contribution in [0.3, 0.4) is 0 Å². The van der Waals surface area contributed by atoms with Crippen LogP contribution in [0.2, 0.25) is 0 Å². The van der Waals surface area contributed by atoms with Crippen LogP contribution >= 0.6 is 15.6 Å². The third kappa shape index (κ3) is 63.0. The molecule has 0 saturated carbocycles. The summed E-state index contributed by atoms with van der Waals surface area (Å²) < 4.78 is 68.2. The smallest absolute Gasteiger partial charge is 0.462 e. The van der Waals surface area contributed by atoms with Crippen molar-refractivity contribution in [1.29, 1.82) is 0 Å². The molecule has 0 spiro atoms. The van der Waals surface area contributed by atoms with Crippen molar-refractivity contribution < 1.29 is 80.2 Å². The fourth-order valence-electron chi connectivity index (χ4n) is 10.1. The van der Waals surface area contributed by atoms with Gasteiger partial charge in [0, 0.05) is 25.7 Å². The van der Waals surface area contributed by atoms with E-state index in [0.29, 0.717) is 31.6 Å². The zero-order chi connectivity index (χ0) is 66.6. The van der Waals surface area contributed by atoms with E-state index < -0.39 is 97.5 Å². The molecule has 0 aromatic heterocycles. The number of hydrogen-bond donors (Lipinski definition) is 3. The van der Waals surface area contributed by atoms with Crippen molar-refractivity contribution in [2.75, 3.05) is 39.6 Å². The van der Waals surface area contributed by atoms with Crippen LogP contribution < -0.4 is 0 Å². The average molecular weight is 1320 g/mol. The van der Waals surface area contributed by atoms with E-state index in [-0.39, 0.29) is 25.7 Å². The Labute approximate surface area is 548 Å². The molecule has 0 aliphatic rings. The summed E-state index contributed by atoms with van der Waals surface area (Å²) in [5.41, 5.74) is 0. The minimum Gasteiger partial charge on any atom is -0.462 e. The first-order valence-corrected chi connectivity index (χ1v) is 39.2. The molecular weight excluding hydrogens is 1190 g/mol. The number of aliphatic hydroxyl groups excluding tert-OH is 1. The predicted octanol–water partition coefficient (Wildman–Crippen LogP) is 19.8. The Kier molecular flexibility index (Phi) is 59.7. The predicted molar refractivity (Wildman–Crippen MR) is 363 cm³/mol. The highest BCUT2D eigenvalue weighted by atomic mass is 31.2. The summed E-state index contributed by atoms with van der Waals surface area (Å²) in [6, 6.07) is 0. The van der Waals surface area contributed by atoms with Gasteiger partial charge in [0.1, 0.15) is 19.3 Å². The molecule has 90 heavy (non-hydrogen) atoms. The summed E-state index contributed by atoms with van der Waals surface area (Å²) in [5.74, 6) is 0.0480. The molecule has 0 radical (unpaired) electrons. The molecule has 0 aliphatic heterocycles. The summed E-state index contributed by atoms with van der Waals surface area (Å²) in [6.07, 6.45) is 48.1. The van der Waals surface area contributed by atoms with E-state index in [2.05, 4.69) is 72.8 Å². The lowest BCUT2D eigenvalue weighted by Gasteiger charge is -2.21. The summed E-state index contributed by atoms with van der Waals surface area (Å²) in [7, 11) is -9.92. The van der Waals surface area contributed by atoms with Gasteiger partial charge < -0.3 is 33.8 Å². The summed E-state index contributed by atoms with van der Waals surface area (Å²) in [4.78, 5) is 72.5. The summed E-state index contributed by atoms with van der Waals surface area (Å²) in [5, 5.41) is 10.6. The molecule has 0 heterocycles. The number of phosphoric acid groups is 2. The van der Waals surface area contributed by atoms with Gasteiger partial charge in [0.25, 0.3) is 0 Å². The van der Waals surface area contributed by atoms with Gasteiger partial charge in [-0.15, -0.1) is 0 Å². The van der Waals surface area contributed by atoms with Crippen LogP contribution in [-0.4, -0.2) is 96.7 Å². The molecule has 0 rings (SSSR count). The normalized spacial score (nSPS) is 14.7. The van der Waals surface area contributed by atoms with E-state index in [9.17, 15) is 43.2 Å². The number of phosphoric ester groups is 2. The zero-order valence-corrected chi connectivity index (χ0v) is 59.9. The van der Waals surface area contributed by atoms with Crippen molar-refractivity contribution in [1.82, 2.24) is 0 Å². The molecule has 0 bridgehead atoms. The summed E-state index contributed by atoms with van der Waals surface area (Å²) >= 11 is 0. The molecule has 0 aromatic rings. The molecule has 0 fully saturated rings. The molecule has 0 amide bonds. The number of carbonyl (C=O) groups is 4. The SMILES string of the molecule is CCCCCC/C=C\C=C/CCCCCCCC(=O)O[C@H](COC(=O)CCCCCCCCC(C)CC)COP(=O)(O)OC[C@H](O)COP(=O)(O)OC[C@@H](COC(=O)CCCCCCCCCC(C)C)OC(=O)CCCCCCCCCCCCCCC(C)C. The molecule has 3 N–H and O–H groups in total. The van der Waals surface area contributed by atoms with E-state index >= 15 is 0 Å². The van der Waals surface area contributed by atoms with Gasteiger partial charge >= 0.3 is 39.5 Å². The quantitative estimate of drug-likeness (QED) is 0.0169. The van der Waals surface area contributed by atoms with Crippen LogP contribution in [0.4, 0.5) is 0 Å². The topological polar surface area (TPSA) is 237 Å². The van der Waals surface area contributed by atoms with Gasteiger partial charge in [-0.25, -0.2) is 9.13 Å². The van der Waals surface area contributed by atoms with Crippen LogP contribution in [0, 0.1) is 17.8 Å². The minimum atomic E-state index is -4.96. The maximum Gasteiger partial charge on any atom is 0.472 e. The van der Waals surface area contributed by atoms with Gasteiger partial charge in [-0.3, -0.25) is 37.3 Å². The Bertz CT molecular complexity index is 1860. The third-order valence-electron chi connectivity index (χ3n) is 16.1. The van der Waals surface area contributed by atoms with Gasteiger partial charge in [0.15, 0.2) is 12.2 Å². The molecule has 0 aromatic carbocycles. The lowest BCUT2D eigenvalue weighted by molar-refractivity contribution is -0.161. The largest absolute Gasteiger partial charge is 0.472 e. The monoisotopic (exact) mass is 1320 g/mol. The highest BCUT2D eigenvalue weighted by Gasteiger charge is 2.30. The number of carbonyl (C=O) groups excluding carboxylic acids is 4. The molecule has 3 unspecified atom stereocenters. The van der Waals surface area contributed by atoms with Crippen LogP contribution in [0.5, 0.6) is 0 Å². The Morgan fingerprint density at radius 3 is 0.989 bits per heavy atom. The van der Waals surface area contributed by atoms with Gasteiger partial charge in [-0.05, 0) is 69.1 Å². The standard InChI is InChI=1S/C71H134O17P2/c1-8-10-11-12-13-14-15-16-17-18-22-25-30-40-47-54-71(76)88-67(59-82-69(74)53-46-39-34-33-37-44-51-64(7)9-2)61-86-90(79,80)84-57-65(72)56-83-89(77,78)85-60-66(58-81-68(73)52-45-38-32-27-29-36-43-50-63(5)6)87-70(75)55-48-41-31-26-23-20-19-21-24-28-35-42-49-62(3)4/h14-17,62-67,72H,8-13,18-61H2,1-7H3,(H,77,78)(H,79,80)/b15-14-,17-16-/t64?,65-,66-,67-/m1/s1. The second-order valence-electron chi connectivity index (χ2n) is 26.1. The molecule has 0 aliphatic carbocycles. The van der Waals surface area contributed by atoms with Gasteiger partial charge in [-0.2, -0.15) is 0 Å². The van der Waals surface area contributed by atoms with Crippen LogP contribution in [0.15, 0.2) is 24.3 Å². The molecule has 0 saturated heterocycles. The number of rotatable bonds is 67. The number of unbranched alkanes of at least 4 members (excludes halogenated alkanes) is 31. The van der Waals surface area contributed by atoms with Crippen molar-refractivity contribution in [3.8, 4) is 0 Å². The average Bonchev–Trinajstić information content (AvgIpc) is 3.60. The van der Waals surface area contributed by atoms with Gasteiger partial charge in [0.2, 0.25) is 0 Å². The Hall–Kier alpha value is -2.46. The molecular formula is C71H134O17P2. The Balaban J connectivity index is 5.28. The number of aliphatic hydroxyl groups is 1. The second-order valence-corrected chi connectivity index (χ2v) is 29.0. The number of hydrogen-bond acceptors (Lipinski definition) is 15. The first-order chi connectivity index (χ1) is 43.3. The van der Waals surface area contributed by atoms with Crippen molar-refractivity contribution in [2.45, 2.75) is 349 Å². The molecule has 19 heteroatoms. The van der Waals surface area contributed by atoms with Crippen molar-refractivity contribution in [3.05, 3.63) is 24.3 Å². The second kappa shape index (κ2) is 61.4. The fourth-order valence-corrected chi connectivity index (χ4v) is 11.7. The zero-order valence-electron chi connectivity index (χ0n) is 58.1. The minimum absolute atomic E-state index is 0.0836. The number of allylic oxidation sites excluding steroid dienone is 4. The fraction of sp³-hybridized carbons (Fsp3) is 0.887. The van der Waals surface area contributed by atoms with Gasteiger partial charge in [-0.1, -0.05) is 278 Å². The van der Waals surface area contributed by atoms with Crippen LogP contribution in [0.25, 0.3) is 0 Å². The first-order valence-electron chi connectivity index (χ1n) is 36.2. The van der Waals surface area contributed by atoms with Crippen LogP contribution in [0.1, 0.15) is 331 Å². The first kappa shape index (κ1) is 87.5. The molecule has 17 nitrogen and oxygen atoms in total. The maximum atomic E-state index is 13.0. The van der Waals surface area contributed by atoms with E-state index in [1.54, 1.807) is 0 Å². The van der Waals surface area contributed by atoms with E-state index in [4.69, 9.17) is 37.0 Å². The van der Waals surface area contributed by atoms with E-state index in [1.165, 1.54) is 116 Å². The Morgan fingerprint density at radius 1 is 0.367 bits per heavy atom. The number of ether oxygens (including phenoxy) is 4. The highest BCUT2D eigenvalue weighted by molar-refractivity contribution is 7.47. The maximum absolute atomic E-state index is 13.0. The van der Waals surface area contributed by atoms with Crippen molar-refractivity contribution in [3.63, 3.8) is 0 Å². The summed E-state index contributed by atoms with van der Waals surface area (Å²) in [6.45, 7) is 11.7. The lowest BCUT2D eigenvalue weighted by atomic mass is 10.00. The molecule has 530 valence electrons. The third-order valence-corrected chi connectivity index (χ3v) is 18.0. The van der Waals surface area contributed by atoms with Crippen molar-refractivity contribution in [2.24, 2.45) is 17.8 Å². The van der Waals surface area contributed by atoms with E-state index in [1.807, 2.05) is 0 Å². The molecule has 6 atom stereocenters. The van der Waals surface area contributed by atoms with Gasteiger partial charge in [0.05, 0.1) is 26.4 Å². The number of esters is 4. The highest BCUT2D eigenvalue weighted by Crippen LogP contribution is 2.45. The Morgan fingerprint density at radius 2 is 0.656 bits per heavy atom. The van der Waals surface area contributed by atoms with Crippen molar-refractivity contribution >= 4 is 39.5 Å². The lowest BCUT2D eigenvalue weighted by Crippen LogP contribution is -2.30. The van der Waals surface area contributed by atoms with E-state index in [0.717, 1.165) is 127 Å².